The van der Waals surface area contributed by atoms with Gasteiger partial charge in [0.05, 0.1) is 5.69 Å². The number of piperazine rings is 1. The van der Waals surface area contributed by atoms with Gasteiger partial charge in [-0.1, -0.05) is 6.07 Å². The van der Waals surface area contributed by atoms with Crippen molar-refractivity contribution in [2.75, 3.05) is 39.3 Å². The van der Waals surface area contributed by atoms with Crippen molar-refractivity contribution in [3.63, 3.8) is 0 Å². The molecule has 0 bridgehead atoms. The summed E-state index contributed by atoms with van der Waals surface area (Å²) in [6.07, 6.45) is 3.11. The fraction of sp³-hybridized carbons (Fsp3) is 0.579. The second-order valence-corrected chi connectivity index (χ2v) is 7.21. The summed E-state index contributed by atoms with van der Waals surface area (Å²) >= 11 is 0. The summed E-state index contributed by atoms with van der Waals surface area (Å²) in [7, 11) is 0. The van der Waals surface area contributed by atoms with Crippen LogP contribution < -0.4 is 5.32 Å². The van der Waals surface area contributed by atoms with E-state index >= 15 is 0 Å². The van der Waals surface area contributed by atoms with Gasteiger partial charge in [0.2, 0.25) is 0 Å². The lowest BCUT2D eigenvalue weighted by molar-refractivity contribution is 0.170. The van der Waals surface area contributed by atoms with Crippen LogP contribution in [0.4, 0.5) is 0 Å². The summed E-state index contributed by atoms with van der Waals surface area (Å²) < 4.78 is 1.98. The van der Waals surface area contributed by atoms with Crippen molar-refractivity contribution in [1.29, 1.82) is 0 Å². The van der Waals surface area contributed by atoms with Crippen molar-refractivity contribution in [2.24, 2.45) is 0 Å². The molecule has 2 aliphatic heterocycles. The van der Waals surface area contributed by atoms with Gasteiger partial charge in [-0.15, -0.1) is 12.4 Å². The third kappa shape index (κ3) is 3.93. The molecule has 0 spiro atoms. The van der Waals surface area contributed by atoms with Gasteiger partial charge in [0.15, 0.2) is 5.82 Å². The molecule has 2 aromatic heterocycles. The van der Waals surface area contributed by atoms with Crippen molar-refractivity contribution in [3.8, 4) is 5.82 Å². The van der Waals surface area contributed by atoms with Crippen molar-refractivity contribution in [1.82, 2.24) is 29.9 Å². The molecule has 7 heteroatoms. The fourth-order valence-electron chi connectivity index (χ4n) is 4.13. The standard InChI is InChI=1S/C19H28N6.ClH/c1-15-18(16(2)25(22-15)19-5-3-4-7-21-19)14-23-10-6-17(13-23)24-11-8-20-9-12-24;/h3-5,7,17,20H,6,8-14H2,1-2H3;1H. The van der Waals surface area contributed by atoms with E-state index in [1.807, 2.05) is 29.1 Å². The lowest BCUT2D eigenvalue weighted by Crippen LogP contribution is -2.49. The molecule has 2 aromatic rings. The summed E-state index contributed by atoms with van der Waals surface area (Å²) in [6.45, 7) is 12.3. The van der Waals surface area contributed by atoms with E-state index < -0.39 is 0 Å². The number of aryl methyl sites for hydroxylation is 1. The molecule has 0 saturated carbocycles. The zero-order valence-corrected chi connectivity index (χ0v) is 16.5. The van der Waals surface area contributed by atoms with Gasteiger partial charge in [-0.05, 0) is 32.4 Å². The molecule has 2 saturated heterocycles. The molecule has 26 heavy (non-hydrogen) atoms. The molecule has 0 amide bonds. The van der Waals surface area contributed by atoms with Crippen LogP contribution in [0.3, 0.4) is 0 Å². The summed E-state index contributed by atoms with van der Waals surface area (Å²) in [6, 6.07) is 6.68. The third-order valence-corrected chi connectivity index (χ3v) is 5.60. The lowest BCUT2D eigenvalue weighted by atomic mass is 10.2. The highest BCUT2D eigenvalue weighted by molar-refractivity contribution is 5.85. The Labute approximate surface area is 162 Å². The Morgan fingerprint density at radius 3 is 2.69 bits per heavy atom. The van der Waals surface area contributed by atoms with Crippen LogP contribution in [0, 0.1) is 13.8 Å². The van der Waals surface area contributed by atoms with Crippen molar-refractivity contribution in [3.05, 3.63) is 41.3 Å². The van der Waals surface area contributed by atoms with E-state index in [0.717, 1.165) is 31.1 Å². The van der Waals surface area contributed by atoms with Gasteiger partial charge in [-0.2, -0.15) is 5.10 Å². The van der Waals surface area contributed by atoms with Gasteiger partial charge in [0.1, 0.15) is 0 Å². The van der Waals surface area contributed by atoms with E-state index in [1.54, 1.807) is 0 Å². The fourth-order valence-corrected chi connectivity index (χ4v) is 4.13. The van der Waals surface area contributed by atoms with E-state index in [4.69, 9.17) is 5.10 Å². The quantitative estimate of drug-likeness (QED) is 0.881. The average Bonchev–Trinajstić information content (AvgIpc) is 3.23. The molecule has 0 aromatic carbocycles. The molecule has 2 aliphatic rings. The van der Waals surface area contributed by atoms with Gasteiger partial charge < -0.3 is 5.32 Å². The molecule has 2 fully saturated rings. The van der Waals surface area contributed by atoms with E-state index in [-0.39, 0.29) is 12.4 Å². The largest absolute Gasteiger partial charge is 0.314 e. The van der Waals surface area contributed by atoms with Crippen LogP contribution >= 0.6 is 12.4 Å². The topological polar surface area (TPSA) is 49.2 Å². The first kappa shape index (κ1) is 19.3. The minimum absolute atomic E-state index is 0. The lowest BCUT2D eigenvalue weighted by Gasteiger charge is -2.32. The molecule has 1 unspecified atom stereocenters. The normalized spacial score (nSPS) is 21.7. The summed E-state index contributed by atoms with van der Waals surface area (Å²) in [4.78, 5) is 9.69. The number of hydrogen-bond donors (Lipinski definition) is 1. The summed E-state index contributed by atoms with van der Waals surface area (Å²) in [5.74, 6) is 0.898. The summed E-state index contributed by atoms with van der Waals surface area (Å²) in [5.41, 5.74) is 3.68. The third-order valence-electron chi connectivity index (χ3n) is 5.60. The average molecular weight is 377 g/mol. The molecular formula is C19H29ClN6. The Bertz CT molecular complexity index is 710. The number of rotatable bonds is 4. The predicted molar refractivity (Wildman–Crippen MR) is 106 cm³/mol. The Morgan fingerprint density at radius 2 is 1.96 bits per heavy atom. The Balaban J connectivity index is 0.00000196. The van der Waals surface area contributed by atoms with Crippen molar-refractivity contribution < 1.29 is 0 Å². The highest BCUT2D eigenvalue weighted by Gasteiger charge is 2.29. The van der Waals surface area contributed by atoms with Crippen molar-refractivity contribution >= 4 is 12.4 Å². The van der Waals surface area contributed by atoms with Crippen molar-refractivity contribution in [2.45, 2.75) is 32.9 Å². The molecule has 4 rings (SSSR count). The number of nitrogens with one attached hydrogen (secondary N) is 1. The van der Waals surface area contributed by atoms with Crippen LogP contribution in [0.25, 0.3) is 5.82 Å². The van der Waals surface area contributed by atoms with Crippen LogP contribution in [0.15, 0.2) is 24.4 Å². The number of likely N-dealkylation sites (tertiary alicyclic amines) is 1. The zero-order valence-electron chi connectivity index (χ0n) is 15.7. The first-order valence-corrected chi connectivity index (χ1v) is 9.36. The van der Waals surface area contributed by atoms with Crippen LogP contribution in [0.2, 0.25) is 0 Å². The predicted octanol–water partition coefficient (Wildman–Crippen LogP) is 1.79. The highest BCUT2D eigenvalue weighted by atomic mass is 35.5. The zero-order chi connectivity index (χ0) is 17.2. The molecule has 1 N–H and O–H groups in total. The minimum Gasteiger partial charge on any atom is -0.314 e. The molecule has 1 atom stereocenters. The number of nitrogens with zero attached hydrogens (tertiary/aromatic N) is 5. The monoisotopic (exact) mass is 376 g/mol. The molecular weight excluding hydrogens is 348 g/mol. The van der Waals surface area contributed by atoms with Crippen LogP contribution in [0.5, 0.6) is 0 Å². The number of pyridine rings is 1. The smallest absolute Gasteiger partial charge is 0.153 e. The summed E-state index contributed by atoms with van der Waals surface area (Å²) in [5, 5.41) is 8.19. The maximum absolute atomic E-state index is 4.74. The SMILES string of the molecule is Cc1nn(-c2ccccn2)c(C)c1CN1CCC(N2CCNCC2)C1.Cl. The second kappa shape index (κ2) is 8.48. The molecule has 0 radical (unpaired) electrons. The first-order chi connectivity index (χ1) is 12.2. The molecule has 4 heterocycles. The molecule has 0 aliphatic carbocycles. The van der Waals surface area contributed by atoms with Crippen LogP contribution in [-0.4, -0.2) is 69.9 Å². The maximum atomic E-state index is 4.74. The second-order valence-electron chi connectivity index (χ2n) is 7.21. The first-order valence-electron chi connectivity index (χ1n) is 9.36. The van der Waals surface area contributed by atoms with Gasteiger partial charge in [0, 0.05) is 69.3 Å². The van der Waals surface area contributed by atoms with Gasteiger partial charge in [0.25, 0.3) is 0 Å². The number of hydrogen-bond acceptors (Lipinski definition) is 5. The Kier molecular flexibility index (Phi) is 6.29. The van der Waals surface area contributed by atoms with E-state index in [0.29, 0.717) is 6.04 Å². The van der Waals surface area contributed by atoms with E-state index in [1.165, 1.54) is 43.9 Å². The molecule has 6 nitrogen and oxygen atoms in total. The van der Waals surface area contributed by atoms with Gasteiger partial charge in [-0.3, -0.25) is 9.80 Å². The van der Waals surface area contributed by atoms with E-state index in [2.05, 4.69) is 33.9 Å². The van der Waals surface area contributed by atoms with Crippen LogP contribution in [0.1, 0.15) is 23.4 Å². The van der Waals surface area contributed by atoms with Gasteiger partial charge >= 0.3 is 0 Å². The highest BCUT2D eigenvalue weighted by Crippen LogP contribution is 2.23. The number of aromatic nitrogens is 3. The van der Waals surface area contributed by atoms with Crippen LogP contribution in [-0.2, 0) is 6.54 Å². The molecule has 142 valence electrons. The maximum Gasteiger partial charge on any atom is 0.153 e. The minimum atomic E-state index is 0. The Hall–Kier alpha value is -1.47. The van der Waals surface area contributed by atoms with E-state index in [9.17, 15) is 0 Å². The Morgan fingerprint density at radius 1 is 1.15 bits per heavy atom. The number of halogens is 1. The van der Waals surface area contributed by atoms with Gasteiger partial charge in [-0.25, -0.2) is 9.67 Å².